The number of thioether (sulfide) groups is 1. The molecule has 0 spiro atoms. The number of hydrogen-bond acceptors (Lipinski definition) is 6. The zero-order valence-corrected chi connectivity index (χ0v) is 21.5. The van der Waals surface area contributed by atoms with Gasteiger partial charge in [-0.2, -0.15) is 0 Å². The van der Waals surface area contributed by atoms with Gasteiger partial charge in [-0.15, -0.1) is 0 Å². The summed E-state index contributed by atoms with van der Waals surface area (Å²) in [6, 6.07) is 9.36. The van der Waals surface area contributed by atoms with E-state index in [9.17, 15) is 18.8 Å². The molecule has 0 saturated carbocycles. The van der Waals surface area contributed by atoms with E-state index in [1.54, 1.807) is 35.2 Å². The number of rotatable bonds is 7. The first-order chi connectivity index (χ1) is 17.3. The van der Waals surface area contributed by atoms with E-state index in [-0.39, 0.29) is 34.6 Å². The summed E-state index contributed by atoms with van der Waals surface area (Å²) in [6.07, 6.45) is 3.39. The van der Waals surface area contributed by atoms with E-state index in [2.05, 4.69) is 6.92 Å². The predicted octanol–water partition coefficient (Wildman–Crippen LogP) is 5.36. The van der Waals surface area contributed by atoms with E-state index in [0.29, 0.717) is 36.1 Å². The van der Waals surface area contributed by atoms with Gasteiger partial charge in [-0.3, -0.25) is 19.3 Å². The summed E-state index contributed by atoms with van der Waals surface area (Å²) < 4.78 is 25.2. The molecule has 2 aliphatic heterocycles. The van der Waals surface area contributed by atoms with Crippen LogP contribution in [0.3, 0.4) is 0 Å². The summed E-state index contributed by atoms with van der Waals surface area (Å²) in [5.41, 5.74) is 0.785. The minimum Gasteiger partial charge on any atom is -0.493 e. The molecule has 7 nitrogen and oxygen atoms in total. The van der Waals surface area contributed by atoms with Crippen LogP contribution in [0.2, 0.25) is 5.02 Å². The first-order valence-electron chi connectivity index (χ1n) is 11.5. The number of methoxy groups -OCH3 is 1. The van der Waals surface area contributed by atoms with Crippen LogP contribution in [0.15, 0.2) is 41.3 Å². The summed E-state index contributed by atoms with van der Waals surface area (Å²) in [6.45, 7) is 3.03. The standard InChI is InChI=1S/C26H26ClFN2O5S/c1-16-8-10-29(11-9-16)24(31)14-30-25(32)23(36-26(30)33)13-17-6-7-21(34-2)22(12-17)35-15-18-19(27)4-3-5-20(18)28/h3-7,12-13,16H,8-11,14-15H2,1-2H3/b23-13+. The number of amides is 3. The Bertz CT molecular complexity index is 1190. The number of ether oxygens (including phenoxy) is 2. The molecule has 2 fully saturated rings. The van der Waals surface area contributed by atoms with Gasteiger partial charge in [0.15, 0.2) is 11.5 Å². The van der Waals surface area contributed by atoms with Gasteiger partial charge in [0.05, 0.1) is 17.0 Å². The molecule has 2 aromatic rings. The van der Waals surface area contributed by atoms with Crippen LogP contribution in [-0.4, -0.2) is 53.6 Å². The summed E-state index contributed by atoms with van der Waals surface area (Å²) in [7, 11) is 1.48. The molecule has 0 atom stereocenters. The van der Waals surface area contributed by atoms with E-state index >= 15 is 0 Å². The zero-order valence-electron chi connectivity index (χ0n) is 20.0. The van der Waals surface area contributed by atoms with Crippen molar-refractivity contribution in [3.63, 3.8) is 0 Å². The summed E-state index contributed by atoms with van der Waals surface area (Å²) in [5, 5.41) is -0.239. The minimum atomic E-state index is -0.514. The lowest BCUT2D eigenvalue weighted by Gasteiger charge is -2.31. The Balaban J connectivity index is 1.47. The minimum absolute atomic E-state index is 0.126. The van der Waals surface area contributed by atoms with Crippen LogP contribution in [0.5, 0.6) is 11.5 Å². The van der Waals surface area contributed by atoms with Gasteiger partial charge in [-0.05, 0) is 66.4 Å². The van der Waals surface area contributed by atoms with Crippen molar-refractivity contribution in [2.45, 2.75) is 26.4 Å². The second-order valence-electron chi connectivity index (χ2n) is 8.73. The number of halogens is 2. The molecule has 0 aromatic heterocycles. The SMILES string of the molecule is COc1ccc(/C=C2/SC(=O)N(CC(=O)N3CCC(C)CC3)C2=O)cc1OCc1c(F)cccc1Cl. The number of carbonyl (C=O) groups excluding carboxylic acids is 3. The Labute approximate surface area is 218 Å². The Kier molecular flexibility index (Phi) is 8.21. The highest BCUT2D eigenvalue weighted by atomic mass is 35.5. The number of nitrogens with zero attached hydrogens (tertiary/aromatic N) is 2. The maximum absolute atomic E-state index is 14.1. The molecule has 2 aromatic carbocycles. The third kappa shape index (κ3) is 5.84. The Morgan fingerprint density at radius 2 is 1.94 bits per heavy atom. The highest BCUT2D eigenvalue weighted by Crippen LogP contribution is 2.35. The Morgan fingerprint density at radius 1 is 1.19 bits per heavy atom. The third-order valence-corrected chi connectivity index (χ3v) is 7.48. The quantitative estimate of drug-likeness (QED) is 0.447. The van der Waals surface area contributed by atoms with Gasteiger partial charge in [-0.1, -0.05) is 30.7 Å². The number of piperidine rings is 1. The Hall–Kier alpha value is -3.04. The summed E-state index contributed by atoms with van der Waals surface area (Å²) in [5.74, 6) is 0.0715. The monoisotopic (exact) mass is 532 g/mol. The number of hydrogen-bond donors (Lipinski definition) is 0. The van der Waals surface area contributed by atoms with E-state index in [4.69, 9.17) is 21.1 Å². The third-order valence-electron chi connectivity index (χ3n) is 6.22. The highest BCUT2D eigenvalue weighted by molar-refractivity contribution is 8.18. The fourth-order valence-electron chi connectivity index (χ4n) is 4.00. The van der Waals surface area contributed by atoms with E-state index in [1.807, 2.05) is 0 Å². The first kappa shape index (κ1) is 26.0. The lowest BCUT2D eigenvalue weighted by atomic mass is 9.99. The summed E-state index contributed by atoms with van der Waals surface area (Å²) >= 11 is 6.87. The van der Waals surface area contributed by atoms with Crippen LogP contribution in [0.1, 0.15) is 30.9 Å². The molecule has 0 aliphatic carbocycles. The van der Waals surface area contributed by atoms with Gasteiger partial charge in [0.2, 0.25) is 5.91 Å². The summed E-state index contributed by atoms with van der Waals surface area (Å²) in [4.78, 5) is 41.0. The predicted molar refractivity (Wildman–Crippen MR) is 136 cm³/mol. The number of carbonyl (C=O) groups is 3. The molecule has 4 rings (SSSR count). The van der Waals surface area contributed by atoms with Crippen molar-refractivity contribution in [1.82, 2.24) is 9.80 Å². The van der Waals surface area contributed by atoms with E-state index in [1.165, 1.54) is 19.2 Å². The van der Waals surface area contributed by atoms with Crippen LogP contribution in [0.25, 0.3) is 6.08 Å². The van der Waals surface area contributed by atoms with Crippen molar-refractivity contribution in [3.8, 4) is 11.5 Å². The molecule has 36 heavy (non-hydrogen) atoms. The molecule has 2 saturated heterocycles. The number of imide groups is 1. The molecule has 3 amide bonds. The van der Waals surface area contributed by atoms with Crippen LogP contribution < -0.4 is 9.47 Å². The topological polar surface area (TPSA) is 76.2 Å². The molecule has 2 aliphatic rings. The molecular weight excluding hydrogens is 507 g/mol. The largest absolute Gasteiger partial charge is 0.493 e. The van der Waals surface area contributed by atoms with Gasteiger partial charge < -0.3 is 14.4 Å². The lowest BCUT2D eigenvalue weighted by Crippen LogP contribution is -2.45. The van der Waals surface area contributed by atoms with Crippen molar-refractivity contribution in [3.05, 3.63) is 63.3 Å². The molecule has 0 bridgehead atoms. The van der Waals surface area contributed by atoms with Crippen molar-refractivity contribution in [2.75, 3.05) is 26.7 Å². The molecule has 0 unspecified atom stereocenters. The van der Waals surface area contributed by atoms with Gasteiger partial charge in [0, 0.05) is 18.7 Å². The fraction of sp³-hybridized carbons (Fsp3) is 0.346. The molecule has 2 heterocycles. The molecule has 10 heteroatoms. The second kappa shape index (κ2) is 11.3. The van der Waals surface area contributed by atoms with Gasteiger partial charge >= 0.3 is 0 Å². The average Bonchev–Trinajstić information content (AvgIpc) is 3.11. The second-order valence-corrected chi connectivity index (χ2v) is 10.1. The molecular formula is C26H26ClFN2O5S. The van der Waals surface area contributed by atoms with Crippen molar-refractivity contribution < 1.29 is 28.2 Å². The normalized spacial score (nSPS) is 17.7. The van der Waals surface area contributed by atoms with Crippen LogP contribution in [-0.2, 0) is 16.2 Å². The van der Waals surface area contributed by atoms with Gasteiger partial charge in [0.1, 0.15) is 19.0 Å². The van der Waals surface area contributed by atoms with Gasteiger partial charge in [0.25, 0.3) is 11.1 Å². The fourth-order valence-corrected chi connectivity index (χ4v) is 5.05. The molecule has 0 radical (unpaired) electrons. The van der Waals surface area contributed by atoms with Gasteiger partial charge in [-0.25, -0.2) is 4.39 Å². The first-order valence-corrected chi connectivity index (χ1v) is 12.7. The number of benzene rings is 2. The van der Waals surface area contributed by atoms with Crippen molar-refractivity contribution >= 4 is 46.5 Å². The van der Waals surface area contributed by atoms with Crippen molar-refractivity contribution in [1.29, 1.82) is 0 Å². The van der Waals surface area contributed by atoms with E-state index < -0.39 is 17.0 Å². The smallest absolute Gasteiger partial charge is 0.294 e. The molecule has 0 N–H and O–H groups in total. The van der Waals surface area contributed by atoms with Crippen molar-refractivity contribution in [2.24, 2.45) is 5.92 Å². The maximum atomic E-state index is 14.1. The van der Waals surface area contributed by atoms with Crippen LogP contribution in [0.4, 0.5) is 9.18 Å². The average molecular weight is 533 g/mol. The van der Waals surface area contributed by atoms with Crippen LogP contribution in [0, 0.1) is 11.7 Å². The lowest BCUT2D eigenvalue weighted by molar-refractivity contribution is -0.136. The number of likely N-dealkylation sites (tertiary alicyclic amines) is 1. The zero-order chi connectivity index (χ0) is 25.8. The Morgan fingerprint density at radius 3 is 2.64 bits per heavy atom. The van der Waals surface area contributed by atoms with E-state index in [0.717, 1.165) is 29.5 Å². The highest BCUT2D eigenvalue weighted by Gasteiger charge is 2.37. The van der Waals surface area contributed by atoms with Crippen LogP contribution >= 0.6 is 23.4 Å². The molecule has 190 valence electrons. The maximum Gasteiger partial charge on any atom is 0.294 e.